The van der Waals surface area contributed by atoms with Gasteiger partial charge in [0.25, 0.3) is 0 Å². The highest BCUT2D eigenvalue weighted by atomic mass is 127. The van der Waals surface area contributed by atoms with Gasteiger partial charge < -0.3 is 15.0 Å². The second-order valence-corrected chi connectivity index (χ2v) is 8.67. The van der Waals surface area contributed by atoms with E-state index in [0.717, 1.165) is 44.2 Å². The zero-order valence-corrected chi connectivity index (χ0v) is 19.5. The largest absolute Gasteiger partial charge is 0.381 e. The second kappa shape index (κ2) is 8.84. The van der Waals surface area contributed by atoms with Gasteiger partial charge in [0.15, 0.2) is 5.96 Å². The number of hydrogen-bond donors (Lipinski definition) is 1. The van der Waals surface area contributed by atoms with Gasteiger partial charge in [0, 0.05) is 54.2 Å². The standard InChI is InChI=1S/C19H27Cl2N3O.HI/c1-18(2,16-14(20)5-4-6-15(16)21)11-23-17(22-3)24-9-7-19(12-24)8-10-25-13-19;/h4-6H,7-13H2,1-3H3,(H,22,23);1H. The predicted molar refractivity (Wildman–Crippen MR) is 120 cm³/mol. The molecule has 0 bridgehead atoms. The maximum absolute atomic E-state index is 6.41. The molecule has 1 unspecified atom stereocenters. The minimum absolute atomic E-state index is 0. The highest BCUT2D eigenvalue weighted by Crippen LogP contribution is 2.38. The Morgan fingerprint density at radius 2 is 2.00 bits per heavy atom. The zero-order valence-electron chi connectivity index (χ0n) is 15.6. The van der Waals surface area contributed by atoms with Crippen LogP contribution >= 0.6 is 47.2 Å². The molecule has 1 aromatic carbocycles. The Bertz CT molecular complexity index is 640. The Hall–Kier alpha value is -0.240. The average molecular weight is 512 g/mol. The van der Waals surface area contributed by atoms with Crippen LogP contribution in [-0.2, 0) is 10.2 Å². The number of likely N-dealkylation sites (tertiary alicyclic amines) is 1. The van der Waals surface area contributed by atoms with Gasteiger partial charge in [-0.1, -0.05) is 43.1 Å². The van der Waals surface area contributed by atoms with E-state index in [2.05, 4.69) is 29.1 Å². The highest BCUT2D eigenvalue weighted by molar-refractivity contribution is 14.0. The molecule has 2 heterocycles. The van der Waals surface area contributed by atoms with Gasteiger partial charge in [-0.2, -0.15) is 0 Å². The lowest BCUT2D eigenvalue weighted by atomic mass is 9.84. The fourth-order valence-electron chi connectivity index (χ4n) is 3.95. The number of nitrogens with one attached hydrogen (secondary N) is 1. The van der Waals surface area contributed by atoms with Crippen molar-refractivity contribution in [3.05, 3.63) is 33.8 Å². The van der Waals surface area contributed by atoms with Gasteiger partial charge in [-0.05, 0) is 30.5 Å². The van der Waals surface area contributed by atoms with Crippen LogP contribution in [0.1, 0.15) is 32.3 Å². The molecule has 0 saturated carbocycles. The third-order valence-corrected chi connectivity index (χ3v) is 6.09. The Morgan fingerprint density at radius 1 is 1.31 bits per heavy atom. The smallest absolute Gasteiger partial charge is 0.193 e. The first-order valence-corrected chi connectivity index (χ1v) is 9.60. The van der Waals surface area contributed by atoms with Crippen molar-refractivity contribution in [2.75, 3.05) is 39.9 Å². The van der Waals surface area contributed by atoms with Gasteiger partial charge in [0.1, 0.15) is 0 Å². The minimum atomic E-state index is -0.209. The number of guanidine groups is 1. The van der Waals surface area contributed by atoms with Gasteiger partial charge in [-0.25, -0.2) is 0 Å². The van der Waals surface area contributed by atoms with Crippen molar-refractivity contribution in [3.63, 3.8) is 0 Å². The molecule has 2 saturated heterocycles. The van der Waals surface area contributed by atoms with Crippen molar-refractivity contribution >= 4 is 53.1 Å². The van der Waals surface area contributed by atoms with Crippen LogP contribution < -0.4 is 5.32 Å². The predicted octanol–water partition coefficient (Wildman–Crippen LogP) is 4.58. The number of rotatable bonds is 3. The molecule has 2 aliphatic rings. The summed E-state index contributed by atoms with van der Waals surface area (Å²) in [5.41, 5.74) is 1.08. The molecule has 1 N–H and O–H groups in total. The van der Waals surface area contributed by atoms with E-state index in [1.54, 1.807) is 0 Å². The Morgan fingerprint density at radius 3 is 2.58 bits per heavy atom. The molecule has 0 radical (unpaired) electrons. The third kappa shape index (κ3) is 4.59. The molecule has 0 amide bonds. The molecule has 2 fully saturated rings. The average Bonchev–Trinajstić information content (AvgIpc) is 3.18. The molecule has 4 nitrogen and oxygen atoms in total. The van der Waals surface area contributed by atoms with E-state index in [1.807, 2.05) is 25.2 Å². The van der Waals surface area contributed by atoms with Crippen molar-refractivity contribution in [1.29, 1.82) is 0 Å². The van der Waals surface area contributed by atoms with Crippen LogP contribution in [0.15, 0.2) is 23.2 Å². The molecule has 2 aliphatic heterocycles. The lowest BCUT2D eigenvalue weighted by Crippen LogP contribution is -2.45. The van der Waals surface area contributed by atoms with Crippen molar-refractivity contribution in [1.82, 2.24) is 10.2 Å². The molecule has 26 heavy (non-hydrogen) atoms. The van der Waals surface area contributed by atoms with Crippen LogP contribution in [-0.4, -0.2) is 50.8 Å². The van der Waals surface area contributed by atoms with Crippen LogP contribution in [0.2, 0.25) is 10.0 Å². The van der Waals surface area contributed by atoms with E-state index in [0.29, 0.717) is 22.0 Å². The maximum Gasteiger partial charge on any atom is 0.193 e. The highest BCUT2D eigenvalue weighted by Gasteiger charge is 2.42. The summed E-state index contributed by atoms with van der Waals surface area (Å²) >= 11 is 12.8. The van der Waals surface area contributed by atoms with Gasteiger partial charge in [-0.3, -0.25) is 4.99 Å². The van der Waals surface area contributed by atoms with Gasteiger partial charge in [0.2, 0.25) is 0 Å². The molecule has 7 heteroatoms. The molecule has 0 aromatic heterocycles. The summed E-state index contributed by atoms with van der Waals surface area (Å²) in [7, 11) is 1.84. The molecule has 1 atom stereocenters. The van der Waals surface area contributed by atoms with E-state index in [4.69, 9.17) is 27.9 Å². The van der Waals surface area contributed by atoms with Crippen LogP contribution in [0.4, 0.5) is 0 Å². The second-order valence-electron chi connectivity index (χ2n) is 7.86. The Kier molecular flexibility index (Phi) is 7.50. The summed E-state index contributed by atoms with van der Waals surface area (Å²) in [4.78, 5) is 6.84. The quantitative estimate of drug-likeness (QED) is 0.366. The van der Waals surface area contributed by atoms with Crippen molar-refractivity contribution in [3.8, 4) is 0 Å². The summed E-state index contributed by atoms with van der Waals surface area (Å²) in [6.45, 7) is 8.81. The monoisotopic (exact) mass is 511 g/mol. The summed E-state index contributed by atoms with van der Waals surface area (Å²) in [6.07, 6.45) is 2.33. The fraction of sp³-hybridized carbons (Fsp3) is 0.632. The molecular weight excluding hydrogens is 484 g/mol. The van der Waals surface area contributed by atoms with E-state index in [-0.39, 0.29) is 29.4 Å². The lowest BCUT2D eigenvalue weighted by Gasteiger charge is -2.31. The Labute approximate surface area is 183 Å². The van der Waals surface area contributed by atoms with E-state index in [9.17, 15) is 0 Å². The molecule has 3 rings (SSSR count). The molecular formula is C19H28Cl2IN3O. The first-order valence-electron chi connectivity index (χ1n) is 8.85. The topological polar surface area (TPSA) is 36.9 Å². The Balaban J connectivity index is 0.00000243. The number of aliphatic imine (C=N–C) groups is 1. The first kappa shape index (κ1) is 22.1. The van der Waals surface area contributed by atoms with Crippen LogP contribution in [0, 0.1) is 5.41 Å². The SMILES string of the molecule is CN=C(NCC(C)(C)c1c(Cl)cccc1Cl)N1CCC2(CCOC2)C1.I. The number of hydrogen-bond acceptors (Lipinski definition) is 2. The van der Waals surface area contributed by atoms with Gasteiger partial charge in [-0.15, -0.1) is 24.0 Å². The lowest BCUT2D eigenvalue weighted by molar-refractivity contribution is 0.156. The summed E-state index contributed by atoms with van der Waals surface area (Å²) < 4.78 is 5.63. The van der Waals surface area contributed by atoms with Crippen molar-refractivity contribution in [2.24, 2.45) is 10.4 Å². The van der Waals surface area contributed by atoms with Gasteiger partial charge >= 0.3 is 0 Å². The maximum atomic E-state index is 6.41. The van der Waals surface area contributed by atoms with E-state index >= 15 is 0 Å². The first-order chi connectivity index (χ1) is 11.9. The van der Waals surface area contributed by atoms with Crippen LogP contribution in [0.25, 0.3) is 0 Å². The third-order valence-electron chi connectivity index (χ3n) is 5.46. The fourth-order valence-corrected chi connectivity index (χ4v) is 4.86. The zero-order chi connectivity index (χ0) is 18.1. The van der Waals surface area contributed by atoms with Crippen molar-refractivity contribution in [2.45, 2.75) is 32.1 Å². The minimum Gasteiger partial charge on any atom is -0.381 e. The van der Waals surface area contributed by atoms with E-state index < -0.39 is 0 Å². The number of benzene rings is 1. The normalized spacial score (nSPS) is 23.4. The molecule has 0 aliphatic carbocycles. The molecule has 1 spiro atoms. The molecule has 1 aromatic rings. The van der Waals surface area contributed by atoms with Crippen LogP contribution in [0.3, 0.4) is 0 Å². The molecule has 146 valence electrons. The van der Waals surface area contributed by atoms with Crippen LogP contribution in [0.5, 0.6) is 0 Å². The van der Waals surface area contributed by atoms with E-state index in [1.165, 1.54) is 6.42 Å². The summed E-state index contributed by atoms with van der Waals surface area (Å²) in [6, 6.07) is 5.66. The number of ether oxygens (including phenoxy) is 1. The van der Waals surface area contributed by atoms with Crippen molar-refractivity contribution < 1.29 is 4.74 Å². The number of nitrogens with zero attached hydrogens (tertiary/aromatic N) is 2. The summed E-state index contributed by atoms with van der Waals surface area (Å²) in [5, 5.41) is 4.94. The van der Waals surface area contributed by atoms with Gasteiger partial charge in [0.05, 0.1) is 6.61 Å². The number of halogens is 3. The summed E-state index contributed by atoms with van der Waals surface area (Å²) in [5.74, 6) is 0.944.